The summed E-state index contributed by atoms with van der Waals surface area (Å²) in [6.45, 7) is -0.165. The molecule has 0 aliphatic carbocycles. The van der Waals surface area contributed by atoms with E-state index in [4.69, 9.17) is 5.73 Å². The summed E-state index contributed by atoms with van der Waals surface area (Å²) in [6, 6.07) is -0.580. The number of nitrogens with zero attached hydrogens (tertiary/aromatic N) is 1. The molecule has 0 saturated carbocycles. The van der Waals surface area contributed by atoms with Crippen LogP contribution in [0.3, 0.4) is 0 Å². The average molecular weight is 195 g/mol. The van der Waals surface area contributed by atoms with Crippen LogP contribution in [0.4, 0.5) is 8.78 Å². The van der Waals surface area contributed by atoms with Gasteiger partial charge in [0.15, 0.2) is 0 Å². The molecule has 3 N–H and O–H groups in total. The van der Waals surface area contributed by atoms with Gasteiger partial charge in [0.05, 0.1) is 12.6 Å². The Hall–Kier alpha value is -0.750. The minimum Gasteiger partial charge on any atom is -0.368 e. The lowest BCUT2D eigenvalue weighted by Crippen LogP contribution is -2.47. The third-order valence-electron chi connectivity index (χ3n) is 1.64. The number of nitrogens with two attached hydrogens (primary N) is 1. The van der Waals surface area contributed by atoms with Crippen LogP contribution in [0.15, 0.2) is 0 Å². The smallest absolute Gasteiger partial charge is 0.251 e. The van der Waals surface area contributed by atoms with Crippen molar-refractivity contribution in [3.05, 3.63) is 0 Å². The number of primary amides is 1. The summed E-state index contributed by atoms with van der Waals surface area (Å²) in [5.41, 5.74) is 5.01. The fourth-order valence-electron chi connectivity index (χ4n) is 0.945. The first-order chi connectivity index (χ1) is 5.97. The van der Waals surface area contributed by atoms with Gasteiger partial charge < -0.3 is 11.1 Å². The third kappa shape index (κ3) is 5.48. The SMILES string of the molecule is CNC(CN(C)CC(F)F)C(N)=O. The van der Waals surface area contributed by atoms with Gasteiger partial charge in [-0.05, 0) is 14.1 Å². The van der Waals surface area contributed by atoms with Crippen LogP contribution in [0.25, 0.3) is 0 Å². The topological polar surface area (TPSA) is 58.4 Å². The summed E-state index contributed by atoms with van der Waals surface area (Å²) in [6.07, 6.45) is -2.39. The van der Waals surface area contributed by atoms with Gasteiger partial charge in [0.2, 0.25) is 5.91 Å². The molecule has 0 aromatic heterocycles. The molecule has 6 heteroatoms. The van der Waals surface area contributed by atoms with Crippen molar-refractivity contribution in [2.24, 2.45) is 5.73 Å². The number of likely N-dealkylation sites (N-methyl/N-ethyl adjacent to an activating group) is 2. The Bertz CT molecular complexity index is 166. The predicted molar refractivity (Wildman–Crippen MR) is 45.5 cm³/mol. The van der Waals surface area contributed by atoms with E-state index < -0.39 is 18.4 Å². The second-order valence-corrected chi connectivity index (χ2v) is 2.86. The molecule has 0 aromatic carbocycles. The Balaban J connectivity index is 3.86. The van der Waals surface area contributed by atoms with Gasteiger partial charge >= 0.3 is 0 Å². The van der Waals surface area contributed by atoms with Crippen molar-refractivity contribution in [1.29, 1.82) is 0 Å². The Labute approximate surface area is 76.1 Å². The van der Waals surface area contributed by atoms with Gasteiger partial charge in [-0.3, -0.25) is 9.69 Å². The van der Waals surface area contributed by atoms with Gasteiger partial charge in [-0.15, -0.1) is 0 Å². The van der Waals surface area contributed by atoms with Crippen LogP contribution in [0.5, 0.6) is 0 Å². The van der Waals surface area contributed by atoms with E-state index in [9.17, 15) is 13.6 Å². The van der Waals surface area contributed by atoms with Crippen molar-refractivity contribution in [2.75, 3.05) is 27.2 Å². The van der Waals surface area contributed by atoms with E-state index in [1.807, 2.05) is 0 Å². The summed E-state index contributed by atoms with van der Waals surface area (Å²) in [5, 5.41) is 2.64. The predicted octanol–water partition coefficient (Wildman–Crippen LogP) is -0.743. The molecule has 1 atom stereocenters. The van der Waals surface area contributed by atoms with E-state index in [0.29, 0.717) is 0 Å². The zero-order valence-electron chi connectivity index (χ0n) is 7.76. The first-order valence-corrected chi connectivity index (χ1v) is 3.90. The van der Waals surface area contributed by atoms with E-state index in [0.717, 1.165) is 0 Å². The normalized spacial score (nSPS) is 13.7. The average Bonchev–Trinajstić information content (AvgIpc) is 1.98. The Morgan fingerprint density at radius 1 is 1.54 bits per heavy atom. The zero-order chi connectivity index (χ0) is 10.4. The number of carbonyl (C=O) groups is 1. The molecule has 1 amide bonds. The van der Waals surface area contributed by atoms with E-state index in [1.165, 1.54) is 11.9 Å². The molecule has 0 rings (SSSR count). The van der Waals surface area contributed by atoms with Crippen molar-refractivity contribution in [3.63, 3.8) is 0 Å². The van der Waals surface area contributed by atoms with Crippen molar-refractivity contribution in [2.45, 2.75) is 12.5 Å². The van der Waals surface area contributed by atoms with Crippen molar-refractivity contribution < 1.29 is 13.6 Å². The highest BCUT2D eigenvalue weighted by atomic mass is 19.3. The van der Waals surface area contributed by atoms with Crippen LogP contribution in [-0.4, -0.2) is 50.5 Å². The molecule has 0 saturated heterocycles. The number of halogens is 2. The molecule has 0 spiro atoms. The third-order valence-corrected chi connectivity index (χ3v) is 1.64. The van der Waals surface area contributed by atoms with Crippen LogP contribution in [-0.2, 0) is 4.79 Å². The highest BCUT2D eigenvalue weighted by molar-refractivity contribution is 5.80. The quantitative estimate of drug-likeness (QED) is 0.586. The maximum Gasteiger partial charge on any atom is 0.251 e. The molecular weight excluding hydrogens is 180 g/mol. The molecule has 0 aliphatic rings. The van der Waals surface area contributed by atoms with Crippen LogP contribution >= 0.6 is 0 Å². The summed E-state index contributed by atoms with van der Waals surface area (Å²) in [5.74, 6) is -0.538. The molecule has 0 radical (unpaired) electrons. The maximum absolute atomic E-state index is 11.9. The fourth-order valence-corrected chi connectivity index (χ4v) is 0.945. The number of hydrogen-bond donors (Lipinski definition) is 2. The minimum atomic E-state index is -2.39. The summed E-state index contributed by atoms with van der Waals surface area (Å²) in [7, 11) is 3.07. The van der Waals surface area contributed by atoms with E-state index in [-0.39, 0.29) is 13.1 Å². The number of amides is 1. The Morgan fingerprint density at radius 2 is 2.08 bits per heavy atom. The minimum absolute atomic E-state index is 0.191. The molecule has 0 fully saturated rings. The molecular formula is C7H15F2N3O. The van der Waals surface area contributed by atoms with Gasteiger partial charge in [-0.2, -0.15) is 0 Å². The van der Waals surface area contributed by atoms with Crippen molar-refractivity contribution in [3.8, 4) is 0 Å². The maximum atomic E-state index is 11.9. The molecule has 0 aromatic rings. The molecule has 0 bridgehead atoms. The number of alkyl halides is 2. The van der Waals surface area contributed by atoms with E-state index in [2.05, 4.69) is 5.32 Å². The fraction of sp³-hybridized carbons (Fsp3) is 0.857. The first-order valence-electron chi connectivity index (χ1n) is 3.90. The van der Waals surface area contributed by atoms with Crippen LogP contribution < -0.4 is 11.1 Å². The van der Waals surface area contributed by atoms with Gasteiger partial charge in [0.1, 0.15) is 0 Å². The summed E-state index contributed by atoms with van der Waals surface area (Å²) >= 11 is 0. The molecule has 0 aliphatic heterocycles. The molecule has 1 unspecified atom stereocenters. The van der Waals surface area contributed by atoms with Crippen molar-refractivity contribution >= 4 is 5.91 Å². The number of hydrogen-bond acceptors (Lipinski definition) is 3. The monoisotopic (exact) mass is 195 g/mol. The van der Waals surface area contributed by atoms with Gasteiger partial charge in [-0.1, -0.05) is 0 Å². The Kier molecular flexibility index (Phi) is 5.48. The Morgan fingerprint density at radius 3 is 2.38 bits per heavy atom. The van der Waals surface area contributed by atoms with E-state index >= 15 is 0 Å². The lowest BCUT2D eigenvalue weighted by molar-refractivity contribution is -0.120. The molecule has 0 heterocycles. The lowest BCUT2D eigenvalue weighted by atomic mass is 10.2. The first kappa shape index (κ1) is 12.2. The molecule has 13 heavy (non-hydrogen) atoms. The molecule has 4 nitrogen and oxygen atoms in total. The standard InChI is InChI=1S/C7H15F2N3O/c1-11-5(7(10)13)3-12(2)4-6(8)9/h5-6,11H,3-4H2,1-2H3,(H2,10,13). The van der Waals surface area contributed by atoms with E-state index in [1.54, 1.807) is 7.05 Å². The van der Waals surface area contributed by atoms with Gasteiger partial charge in [0, 0.05) is 6.54 Å². The van der Waals surface area contributed by atoms with Crippen LogP contribution in [0, 0.1) is 0 Å². The summed E-state index contributed by atoms with van der Waals surface area (Å²) < 4.78 is 23.7. The number of rotatable bonds is 6. The molecule has 78 valence electrons. The highest BCUT2D eigenvalue weighted by Gasteiger charge is 2.16. The van der Waals surface area contributed by atoms with Gasteiger partial charge in [0.25, 0.3) is 6.43 Å². The second-order valence-electron chi connectivity index (χ2n) is 2.86. The number of nitrogens with one attached hydrogen (secondary N) is 1. The highest BCUT2D eigenvalue weighted by Crippen LogP contribution is 1.96. The van der Waals surface area contributed by atoms with Crippen LogP contribution in [0.1, 0.15) is 0 Å². The zero-order valence-corrected chi connectivity index (χ0v) is 7.76. The largest absolute Gasteiger partial charge is 0.368 e. The van der Waals surface area contributed by atoms with Crippen molar-refractivity contribution in [1.82, 2.24) is 10.2 Å². The van der Waals surface area contributed by atoms with Crippen LogP contribution in [0.2, 0.25) is 0 Å². The van der Waals surface area contributed by atoms with Gasteiger partial charge in [-0.25, -0.2) is 8.78 Å². The number of carbonyl (C=O) groups excluding carboxylic acids is 1. The summed E-state index contributed by atoms with van der Waals surface area (Å²) in [4.78, 5) is 12.1. The lowest BCUT2D eigenvalue weighted by Gasteiger charge is -2.20. The second kappa shape index (κ2) is 5.82.